The predicted octanol–water partition coefficient (Wildman–Crippen LogP) is 1.73. The van der Waals surface area contributed by atoms with E-state index in [-0.39, 0.29) is 16.3 Å². The number of rotatable bonds is 3. The lowest BCUT2D eigenvalue weighted by Crippen LogP contribution is -2.09. The maximum Gasteiger partial charge on any atom is 0.336 e. The topological polar surface area (TPSA) is 84.3 Å². The first-order chi connectivity index (χ1) is 8.45. The first-order valence-electron chi connectivity index (χ1n) is 5.31. The van der Waals surface area contributed by atoms with Gasteiger partial charge in [0.2, 0.25) is 0 Å². The quantitative estimate of drug-likeness (QED) is 0.913. The molecule has 0 unspecified atom stereocenters. The molecule has 0 saturated carbocycles. The van der Waals surface area contributed by atoms with E-state index in [2.05, 4.69) is 4.98 Å². The van der Waals surface area contributed by atoms with Crippen LogP contribution in [0.3, 0.4) is 0 Å². The second-order valence-electron chi connectivity index (χ2n) is 3.73. The summed E-state index contributed by atoms with van der Waals surface area (Å²) < 4.78 is 23.5. The predicted molar refractivity (Wildman–Crippen MR) is 66.4 cm³/mol. The summed E-state index contributed by atoms with van der Waals surface area (Å²) >= 11 is 0. The third kappa shape index (κ3) is 2.06. The summed E-state index contributed by atoms with van der Waals surface area (Å²) in [4.78, 5) is 15.2. The van der Waals surface area contributed by atoms with Crippen LogP contribution in [0.2, 0.25) is 0 Å². The van der Waals surface area contributed by atoms with Gasteiger partial charge in [0.25, 0.3) is 0 Å². The number of aromatic nitrogens is 1. The number of nitrogens with zero attached hydrogens (tertiary/aromatic N) is 1. The van der Waals surface area contributed by atoms with Crippen molar-refractivity contribution in [3.63, 3.8) is 0 Å². The summed E-state index contributed by atoms with van der Waals surface area (Å²) in [5, 5.41) is 9.36. The Morgan fingerprint density at radius 1 is 1.33 bits per heavy atom. The lowest BCUT2D eigenvalue weighted by atomic mass is 10.1. The Balaban J connectivity index is 2.85. The van der Waals surface area contributed by atoms with E-state index in [0.717, 1.165) is 6.07 Å². The maximum absolute atomic E-state index is 11.8. The van der Waals surface area contributed by atoms with Crippen LogP contribution in [0.15, 0.2) is 35.4 Å². The molecule has 0 fully saturated rings. The van der Waals surface area contributed by atoms with Crippen molar-refractivity contribution in [1.29, 1.82) is 0 Å². The van der Waals surface area contributed by atoms with E-state index < -0.39 is 15.8 Å². The molecule has 1 heterocycles. The third-order valence-corrected chi connectivity index (χ3v) is 4.23. The van der Waals surface area contributed by atoms with Crippen molar-refractivity contribution in [2.24, 2.45) is 0 Å². The molecule has 1 aromatic carbocycles. The molecule has 0 atom stereocenters. The molecule has 0 aliphatic carbocycles. The molecule has 2 rings (SSSR count). The molecule has 18 heavy (non-hydrogen) atoms. The molecule has 0 spiro atoms. The number of hydrogen-bond donors (Lipinski definition) is 1. The molecule has 1 aromatic heterocycles. The van der Waals surface area contributed by atoms with Crippen molar-refractivity contribution in [1.82, 2.24) is 4.98 Å². The highest BCUT2D eigenvalue weighted by molar-refractivity contribution is 7.91. The third-order valence-electron chi connectivity index (χ3n) is 2.62. The Labute approximate surface area is 104 Å². The number of carboxylic acids is 1. The molecule has 2 aromatic rings. The van der Waals surface area contributed by atoms with Gasteiger partial charge in [0.05, 0.1) is 16.8 Å². The second-order valence-corrected chi connectivity index (χ2v) is 5.96. The fourth-order valence-electron chi connectivity index (χ4n) is 1.64. The van der Waals surface area contributed by atoms with E-state index in [4.69, 9.17) is 5.11 Å². The average Bonchev–Trinajstić information content (AvgIpc) is 2.37. The standard InChI is InChI=1S/C12H11NO4S/c1-2-18(16,17)11-7-9(12(14)15)8-5-3-4-6-10(8)13-11/h3-7H,2H2,1H3,(H,14,15). The normalized spacial score (nSPS) is 11.6. The van der Waals surface area contributed by atoms with Crippen LogP contribution in [0.4, 0.5) is 0 Å². The number of pyridine rings is 1. The molecule has 5 nitrogen and oxygen atoms in total. The summed E-state index contributed by atoms with van der Waals surface area (Å²) in [7, 11) is -3.52. The highest BCUT2D eigenvalue weighted by atomic mass is 32.2. The van der Waals surface area contributed by atoms with Gasteiger partial charge < -0.3 is 5.11 Å². The summed E-state index contributed by atoms with van der Waals surface area (Å²) in [5.74, 6) is -1.28. The first kappa shape index (κ1) is 12.5. The Hall–Kier alpha value is -1.95. The molecular weight excluding hydrogens is 254 g/mol. The Bertz CT molecular complexity index is 722. The highest BCUT2D eigenvalue weighted by Gasteiger charge is 2.18. The fourth-order valence-corrected chi connectivity index (χ4v) is 2.47. The summed E-state index contributed by atoms with van der Waals surface area (Å²) in [6.07, 6.45) is 0. The van der Waals surface area contributed by atoms with Crippen molar-refractivity contribution < 1.29 is 18.3 Å². The van der Waals surface area contributed by atoms with Gasteiger partial charge in [-0.2, -0.15) is 0 Å². The summed E-state index contributed by atoms with van der Waals surface area (Å²) in [5.41, 5.74) is 0.317. The van der Waals surface area contributed by atoms with Crippen LogP contribution >= 0.6 is 0 Å². The molecule has 94 valence electrons. The zero-order valence-electron chi connectivity index (χ0n) is 9.62. The van der Waals surface area contributed by atoms with E-state index >= 15 is 0 Å². The van der Waals surface area contributed by atoms with Gasteiger partial charge in [-0.1, -0.05) is 25.1 Å². The van der Waals surface area contributed by atoms with Gasteiger partial charge in [-0.25, -0.2) is 18.2 Å². The van der Waals surface area contributed by atoms with Gasteiger partial charge >= 0.3 is 5.97 Å². The van der Waals surface area contributed by atoms with Crippen molar-refractivity contribution in [2.45, 2.75) is 11.9 Å². The number of carboxylic acid groups (broad SMARTS) is 1. The van der Waals surface area contributed by atoms with Crippen LogP contribution < -0.4 is 0 Å². The van der Waals surface area contributed by atoms with Crippen molar-refractivity contribution in [2.75, 3.05) is 5.75 Å². The number of para-hydroxylation sites is 1. The van der Waals surface area contributed by atoms with Crippen molar-refractivity contribution >= 4 is 26.7 Å². The zero-order chi connectivity index (χ0) is 13.3. The van der Waals surface area contributed by atoms with Crippen LogP contribution in [-0.4, -0.2) is 30.2 Å². The maximum atomic E-state index is 11.8. The van der Waals surface area contributed by atoms with E-state index in [9.17, 15) is 13.2 Å². The molecule has 0 aliphatic rings. The largest absolute Gasteiger partial charge is 0.478 e. The van der Waals surface area contributed by atoms with Crippen molar-refractivity contribution in [3.05, 3.63) is 35.9 Å². The van der Waals surface area contributed by atoms with Gasteiger partial charge in [-0.3, -0.25) is 0 Å². The van der Waals surface area contributed by atoms with Crippen LogP contribution in [0.1, 0.15) is 17.3 Å². The molecule has 6 heteroatoms. The Kier molecular flexibility index (Phi) is 3.04. The lowest BCUT2D eigenvalue weighted by molar-refractivity contribution is 0.0698. The second kappa shape index (κ2) is 4.38. The van der Waals surface area contributed by atoms with Gasteiger partial charge in [0.15, 0.2) is 14.9 Å². The lowest BCUT2D eigenvalue weighted by Gasteiger charge is -2.06. The minimum Gasteiger partial charge on any atom is -0.478 e. The van der Waals surface area contributed by atoms with E-state index in [1.807, 2.05) is 0 Å². The summed E-state index contributed by atoms with van der Waals surface area (Å²) in [6, 6.07) is 7.68. The number of sulfone groups is 1. The highest BCUT2D eigenvalue weighted by Crippen LogP contribution is 2.21. The number of benzene rings is 1. The monoisotopic (exact) mass is 265 g/mol. The fraction of sp³-hybridized carbons (Fsp3) is 0.167. The van der Waals surface area contributed by atoms with Crippen LogP contribution in [-0.2, 0) is 9.84 Å². The van der Waals surface area contributed by atoms with E-state index in [1.165, 1.54) is 6.92 Å². The minimum atomic E-state index is -3.52. The average molecular weight is 265 g/mol. The Morgan fingerprint density at radius 3 is 2.61 bits per heavy atom. The molecule has 0 radical (unpaired) electrons. The van der Waals surface area contributed by atoms with Gasteiger partial charge in [-0.15, -0.1) is 0 Å². The van der Waals surface area contributed by atoms with Gasteiger partial charge in [-0.05, 0) is 12.1 Å². The van der Waals surface area contributed by atoms with Crippen molar-refractivity contribution in [3.8, 4) is 0 Å². The van der Waals surface area contributed by atoms with Crippen LogP contribution in [0, 0.1) is 0 Å². The minimum absolute atomic E-state index is 0.0485. The smallest absolute Gasteiger partial charge is 0.336 e. The summed E-state index contributed by atoms with van der Waals surface area (Å²) in [6.45, 7) is 1.49. The van der Waals surface area contributed by atoms with Gasteiger partial charge in [0.1, 0.15) is 0 Å². The van der Waals surface area contributed by atoms with Crippen LogP contribution in [0.5, 0.6) is 0 Å². The molecule has 0 saturated heterocycles. The SMILES string of the molecule is CCS(=O)(=O)c1cc(C(=O)O)c2ccccc2n1. The number of carbonyl (C=O) groups is 1. The molecular formula is C12H11NO4S. The number of fused-ring (bicyclic) bond motifs is 1. The zero-order valence-corrected chi connectivity index (χ0v) is 10.4. The number of hydrogen-bond acceptors (Lipinski definition) is 4. The Morgan fingerprint density at radius 2 is 2.00 bits per heavy atom. The van der Waals surface area contributed by atoms with Gasteiger partial charge in [0, 0.05) is 5.39 Å². The van der Waals surface area contributed by atoms with E-state index in [0.29, 0.717) is 10.9 Å². The van der Waals surface area contributed by atoms with E-state index in [1.54, 1.807) is 24.3 Å². The molecule has 0 bridgehead atoms. The first-order valence-corrected chi connectivity index (χ1v) is 6.97. The number of aromatic carboxylic acids is 1. The molecule has 0 aliphatic heterocycles. The molecule has 0 amide bonds. The molecule has 1 N–H and O–H groups in total. The van der Waals surface area contributed by atoms with Crippen LogP contribution in [0.25, 0.3) is 10.9 Å².